The molecule has 0 spiro atoms. The van der Waals surface area contributed by atoms with Crippen LogP contribution >= 0.6 is 27.5 Å². The second kappa shape index (κ2) is 4.39. The molecule has 5 heteroatoms. The van der Waals surface area contributed by atoms with Gasteiger partial charge in [0.1, 0.15) is 11.2 Å². The molecule has 3 rings (SSSR count). The standard InChI is InChI=1S/C14H9BrClFN2/c1-14(9-6-5-8(16)7-11(9)17)18-12-4-2-3-10(15)13(12)19-14/h2-7H,1H3. The third-order valence-electron chi connectivity index (χ3n) is 3.07. The molecule has 1 atom stereocenters. The predicted octanol–water partition coefficient (Wildman–Crippen LogP) is 3.37. The number of nitrogens with zero attached hydrogens (tertiary/aromatic N) is 2. The van der Waals surface area contributed by atoms with Crippen LogP contribution in [0.25, 0.3) is 0 Å². The van der Waals surface area contributed by atoms with Crippen molar-refractivity contribution in [2.24, 2.45) is 9.98 Å². The van der Waals surface area contributed by atoms with E-state index in [4.69, 9.17) is 11.6 Å². The van der Waals surface area contributed by atoms with Crippen molar-refractivity contribution in [3.05, 3.63) is 68.0 Å². The predicted molar refractivity (Wildman–Crippen MR) is 75.2 cm³/mol. The average Bonchev–Trinajstić information content (AvgIpc) is 2.68. The highest BCUT2D eigenvalue weighted by Gasteiger charge is 2.31. The summed E-state index contributed by atoms with van der Waals surface area (Å²) in [5.74, 6) is -0.397. The van der Waals surface area contributed by atoms with Crippen molar-refractivity contribution in [2.75, 3.05) is 0 Å². The van der Waals surface area contributed by atoms with Gasteiger partial charge >= 0.3 is 0 Å². The third-order valence-corrected chi connectivity index (χ3v) is 3.95. The van der Waals surface area contributed by atoms with Gasteiger partial charge in [0.25, 0.3) is 0 Å². The maximum absolute atomic E-state index is 14.1. The first-order valence-corrected chi connectivity index (χ1v) is 6.86. The van der Waals surface area contributed by atoms with Gasteiger partial charge in [-0.3, -0.25) is 0 Å². The Balaban J connectivity index is 2.25. The Kier molecular flexibility index (Phi) is 2.95. The van der Waals surface area contributed by atoms with Crippen LogP contribution in [0.3, 0.4) is 0 Å². The zero-order valence-corrected chi connectivity index (χ0v) is 12.3. The molecule has 19 heavy (non-hydrogen) atoms. The van der Waals surface area contributed by atoms with Crippen molar-refractivity contribution >= 4 is 27.5 Å². The summed E-state index contributed by atoms with van der Waals surface area (Å²) in [6.45, 7) is 1.78. The fourth-order valence-corrected chi connectivity index (χ4v) is 2.78. The summed E-state index contributed by atoms with van der Waals surface area (Å²) in [4.78, 5) is 9.07. The first-order chi connectivity index (χ1) is 8.99. The van der Waals surface area contributed by atoms with Gasteiger partial charge in [0.15, 0.2) is 5.66 Å². The monoisotopic (exact) mass is 338 g/mol. The van der Waals surface area contributed by atoms with Gasteiger partial charge in [-0.25, -0.2) is 14.4 Å². The lowest BCUT2D eigenvalue weighted by Gasteiger charge is -2.18. The molecule has 0 aliphatic carbocycles. The van der Waals surface area contributed by atoms with Crippen LogP contribution in [0.5, 0.6) is 0 Å². The maximum Gasteiger partial charge on any atom is 0.177 e. The van der Waals surface area contributed by atoms with Crippen molar-refractivity contribution in [1.29, 1.82) is 0 Å². The quantitative estimate of drug-likeness (QED) is 0.761. The fraction of sp³-hybridized carbons (Fsp3) is 0.143. The number of hydrogen-bond acceptors (Lipinski definition) is 2. The highest BCUT2D eigenvalue weighted by Crippen LogP contribution is 2.31. The van der Waals surface area contributed by atoms with Crippen LogP contribution in [0, 0.1) is 5.82 Å². The van der Waals surface area contributed by atoms with Crippen molar-refractivity contribution < 1.29 is 4.39 Å². The van der Waals surface area contributed by atoms with Gasteiger partial charge < -0.3 is 0 Å². The van der Waals surface area contributed by atoms with E-state index in [1.807, 2.05) is 18.2 Å². The normalized spacial score (nSPS) is 20.6. The molecule has 96 valence electrons. The minimum absolute atomic E-state index is 0.363. The van der Waals surface area contributed by atoms with Crippen LogP contribution in [0.15, 0.2) is 50.9 Å². The van der Waals surface area contributed by atoms with Gasteiger partial charge in [0.05, 0.1) is 5.36 Å². The summed E-state index contributed by atoms with van der Waals surface area (Å²) in [5.41, 5.74) is -0.527. The zero-order valence-electron chi connectivity index (χ0n) is 9.99. The molecule has 0 bridgehead atoms. The molecule has 0 N–H and O–H groups in total. The van der Waals surface area contributed by atoms with Crippen LogP contribution in [0.1, 0.15) is 12.5 Å². The molecule has 0 saturated carbocycles. The van der Waals surface area contributed by atoms with E-state index in [0.29, 0.717) is 10.6 Å². The molecular formula is C14H9BrClFN2. The SMILES string of the molecule is CC1(c2ccc(Cl)cc2F)N=c2cccc(Br)c2=N1. The molecule has 1 heterocycles. The molecule has 2 nitrogen and oxygen atoms in total. The molecule has 2 aromatic rings. The number of rotatable bonds is 1. The van der Waals surface area contributed by atoms with Gasteiger partial charge in [-0.2, -0.15) is 0 Å². The van der Waals surface area contributed by atoms with E-state index >= 15 is 0 Å². The second-order valence-electron chi connectivity index (χ2n) is 4.48. The Morgan fingerprint density at radius 2 is 2.00 bits per heavy atom. The van der Waals surface area contributed by atoms with E-state index in [1.54, 1.807) is 19.1 Å². The number of para-hydroxylation sites is 1. The summed E-state index contributed by atoms with van der Waals surface area (Å²) in [6.07, 6.45) is 0. The summed E-state index contributed by atoms with van der Waals surface area (Å²) in [6, 6.07) is 10.2. The molecule has 0 fully saturated rings. The van der Waals surface area contributed by atoms with Crippen LogP contribution in [-0.4, -0.2) is 0 Å². The first kappa shape index (κ1) is 12.8. The number of hydrogen-bond donors (Lipinski definition) is 0. The van der Waals surface area contributed by atoms with Gasteiger partial charge in [-0.05, 0) is 47.1 Å². The van der Waals surface area contributed by atoms with E-state index in [2.05, 4.69) is 25.9 Å². The largest absolute Gasteiger partial charge is 0.249 e. The highest BCUT2D eigenvalue weighted by molar-refractivity contribution is 9.10. The molecule has 0 saturated heterocycles. The topological polar surface area (TPSA) is 24.7 Å². The van der Waals surface area contributed by atoms with E-state index in [9.17, 15) is 4.39 Å². The Hall–Kier alpha value is -1.26. The average molecular weight is 340 g/mol. The molecule has 0 radical (unpaired) electrons. The number of fused-ring (bicyclic) bond motifs is 1. The van der Waals surface area contributed by atoms with Gasteiger partial charge in [-0.1, -0.05) is 23.7 Å². The lowest BCUT2D eigenvalue weighted by atomic mass is 10.0. The lowest BCUT2D eigenvalue weighted by molar-refractivity contribution is 0.480. The third kappa shape index (κ3) is 2.09. The molecule has 1 unspecified atom stereocenters. The zero-order chi connectivity index (χ0) is 13.6. The fourth-order valence-electron chi connectivity index (χ4n) is 2.18. The summed E-state index contributed by atoms with van der Waals surface area (Å²) >= 11 is 9.21. The van der Waals surface area contributed by atoms with Crippen molar-refractivity contribution in [3.63, 3.8) is 0 Å². The van der Waals surface area contributed by atoms with E-state index in [1.165, 1.54) is 6.07 Å². The van der Waals surface area contributed by atoms with Gasteiger partial charge in [-0.15, -0.1) is 0 Å². The van der Waals surface area contributed by atoms with Crippen molar-refractivity contribution in [1.82, 2.24) is 0 Å². The Morgan fingerprint density at radius 3 is 2.68 bits per heavy atom. The van der Waals surface area contributed by atoms with Gasteiger partial charge in [0, 0.05) is 15.1 Å². The second-order valence-corrected chi connectivity index (χ2v) is 5.77. The highest BCUT2D eigenvalue weighted by atomic mass is 79.9. The molecular weight excluding hydrogens is 331 g/mol. The molecule has 0 amide bonds. The Bertz CT molecular complexity index is 791. The maximum atomic E-state index is 14.1. The Labute approximate surface area is 122 Å². The van der Waals surface area contributed by atoms with Gasteiger partial charge in [0.2, 0.25) is 0 Å². The van der Waals surface area contributed by atoms with Crippen LogP contribution in [0.4, 0.5) is 4.39 Å². The molecule has 1 aliphatic rings. The molecule has 2 aromatic carbocycles. The first-order valence-electron chi connectivity index (χ1n) is 5.69. The van der Waals surface area contributed by atoms with E-state index < -0.39 is 11.5 Å². The minimum atomic E-state index is -0.944. The molecule has 1 aliphatic heterocycles. The Morgan fingerprint density at radius 1 is 1.21 bits per heavy atom. The van der Waals surface area contributed by atoms with Crippen molar-refractivity contribution in [3.8, 4) is 0 Å². The lowest BCUT2D eigenvalue weighted by Crippen LogP contribution is -2.22. The van der Waals surface area contributed by atoms with Crippen molar-refractivity contribution in [2.45, 2.75) is 12.6 Å². The summed E-state index contributed by atoms with van der Waals surface area (Å²) < 4.78 is 14.9. The minimum Gasteiger partial charge on any atom is -0.249 e. The van der Waals surface area contributed by atoms with E-state index in [0.717, 1.165) is 15.2 Å². The summed E-state index contributed by atoms with van der Waals surface area (Å²) in [5, 5.41) is 1.87. The van der Waals surface area contributed by atoms with Crippen LogP contribution in [0.2, 0.25) is 5.02 Å². The van der Waals surface area contributed by atoms with E-state index in [-0.39, 0.29) is 0 Å². The van der Waals surface area contributed by atoms with Crippen LogP contribution in [-0.2, 0) is 5.66 Å². The van der Waals surface area contributed by atoms with Crippen LogP contribution < -0.4 is 10.7 Å². The summed E-state index contributed by atoms with van der Waals surface area (Å²) in [7, 11) is 0. The smallest absolute Gasteiger partial charge is 0.177 e. The number of benzene rings is 2. The molecule has 0 aromatic heterocycles. The number of halogens is 3.